The molecule has 100 valence electrons. The van der Waals surface area contributed by atoms with Crippen molar-refractivity contribution >= 4 is 12.6 Å². The van der Waals surface area contributed by atoms with Crippen LogP contribution in [0.4, 0.5) is 0 Å². The molecule has 0 aromatic carbocycles. The zero-order valence-electron chi connectivity index (χ0n) is 10.5. The highest BCUT2D eigenvalue weighted by atomic mass is 32.1. The predicted octanol–water partition coefficient (Wildman–Crippen LogP) is 1.09. The molecule has 1 saturated heterocycles. The Balaban J connectivity index is 2.31. The van der Waals surface area contributed by atoms with Gasteiger partial charge in [-0.25, -0.2) is 4.79 Å². The minimum atomic E-state index is -0.412. The number of aromatic nitrogens is 2. The number of nitrogens with one attached hydrogen (secondary N) is 1. The van der Waals surface area contributed by atoms with E-state index in [1.807, 2.05) is 0 Å². The minimum Gasteiger partial charge on any atom is -0.354 e. The normalized spacial score (nSPS) is 27.6. The van der Waals surface area contributed by atoms with Gasteiger partial charge in [0.1, 0.15) is 6.23 Å². The smallest absolute Gasteiger partial charge is 0.330 e. The van der Waals surface area contributed by atoms with E-state index in [1.165, 1.54) is 4.57 Å². The second-order valence-corrected chi connectivity index (χ2v) is 5.06. The summed E-state index contributed by atoms with van der Waals surface area (Å²) in [6.07, 6.45) is 3.06. The molecule has 2 rings (SSSR count). The molecule has 1 aliphatic rings. The van der Waals surface area contributed by atoms with E-state index < -0.39 is 5.69 Å². The van der Waals surface area contributed by atoms with E-state index >= 15 is 0 Å². The molecule has 0 amide bonds. The molecule has 5 nitrogen and oxygen atoms in total. The van der Waals surface area contributed by atoms with Crippen molar-refractivity contribution in [3.63, 3.8) is 0 Å². The summed E-state index contributed by atoms with van der Waals surface area (Å²) >= 11 is 4.32. The van der Waals surface area contributed by atoms with E-state index in [1.54, 1.807) is 13.1 Å². The highest BCUT2D eigenvalue weighted by Gasteiger charge is 2.34. The lowest BCUT2D eigenvalue weighted by Crippen LogP contribution is -2.33. The van der Waals surface area contributed by atoms with Crippen molar-refractivity contribution in [3.05, 3.63) is 32.6 Å². The first kappa shape index (κ1) is 13.4. The molecule has 1 aromatic heterocycles. The fourth-order valence-corrected chi connectivity index (χ4v) is 2.76. The van der Waals surface area contributed by atoms with Crippen LogP contribution < -0.4 is 11.2 Å². The van der Waals surface area contributed by atoms with Crippen molar-refractivity contribution < 1.29 is 4.74 Å². The molecule has 1 aromatic rings. The summed E-state index contributed by atoms with van der Waals surface area (Å²) in [6, 6.07) is 0. The van der Waals surface area contributed by atoms with Crippen LogP contribution in [0.2, 0.25) is 0 Å². The van der Waals surface area contributed by atoms with Crippen LogP contribution in [0, 0.1) is 12.8 Å². The fraction of sp³-hybridized carbons (Fsp3) is 0.667. The average molecular weight is 270 g/mol. The monoisotopic (exact) mass is 270 g/mol. The topological polar surface area (TPSA) is 64.1 Å². The average Bonchev–Trinajstić information content (AvgIpc) is 2.76. The van der Waals surface area contributed by atoms with E-state index in [0.29, 0.717) is 11.5 Å². The molecule has 0 spiro atoms. The van der Waals surface area contributed by atoms with E-state index in [-0.39, 0.29) is 17.9 Å². The zero-order chi connectivity index (χ0) is 13.3. The van der Waals surface area contributed by atoms with Crippen LogP contribution in [0.5, 0.6) is 0 Å². The zero-order valence-corrected chi connectivity index (χ0v) is 11.4. The number of nitrogens with zero attached hydrogens (tertiary/aromatic N) is 1. The van der Waals surface area contributed by atoms with Crippen LogP contribution in [0.1, 0.15) is 31.6 Å². The van der Waals surface area contributed by atoms with Gasteiger partial charge in [0.05, 0.1) is 6.10 Å². The third kappa shape index (κ3) is 2.40. The van der Waals surface area contributed by atoms with Gasteiger partial charge in [-0.2, -0.15) is 12.6 Å². The van der Waals surface area contributed by atoms with E-state index in [4.69, 9.17) is 4.74 Å². The number of H-pyrrole nitrogens is 1. The highest BCUT2D eigenvalue weighted by Crippen LogP contribution is 2.34. The first-order valence-corrected chi connectivity index (χ1v) is 6.78. The maximum Gasteiger partial charge on any atom is 0.330 e. The summed E-state index contributed by atoms with van der Waals surface area (Å²) in [7, 11) is 0. The van der Waals surface area contributed by atoms with Crippen molar-refractivity contribution in [3.8, 4) is 0 Å². The lowest BCUT2D eigenvalue weighted by atomic mass is 10.0. The Morgan fingerprint density at radius 2 is 2.28 bits per heavy atom. The van der Waals surface area contributed by atoms with Gasteiger partial charge < -0.3 is 4.74 Å². The van der Waals surface area contributed by atoms with Crippen molar-refractivity contribution in [1.29, 1.82) is 0 Å². The maximum atomic E-state index is 11.8. The molecule has 1 fully saturated rings. The quantitative estimate of drug-likeness (QED) is 0.808. The third-order valence-corrected chi connectivity index (χ3v) is 3.92. The van der Waals surface area contributed by atoms with Gasteiger partial charge in [0.15, 0.2) is 0 Å². The molecule has 0 bridgehead atoms. The molecule has 0 unspecified atom stereocenters. The van der Waals surface area contributed by atoms with Gasteiger partial charge in [-0.1, -0.05) is 6.92 Å². The second kappa shape index (κ2) is 5.32. The Hall–Kier alpha value is -1.01. The Morgan fingerprint density at radius 1 is 1.56 bits per heavy atom. The van der Waals surface area contributed by atoms with Crippen molar-refractivity contribution in [2.45, 2.75) is 39.0 Å². The van der Waals surface area contributed by atoms with Crippen molar-refractivity contribution in [2.75, 3.05) is 5.75 Å². The summed E-state index contributed by atoms with van der Waals surface area (Å²) in [6.45, 7) is 3.74. The van der Waals surface area contributed by atoms with Crippen LogP contribution in [-0.4, -0.2) is 21.4 Å². The summed E-state index contributed by atoms with van der Waals surface area (Å²) in [5, 5.41) is 0. The molecular formula is C12H18N2O3S. The van der Waals surface area contributed by atoms with Gasteiger partial charge in [-0.15, -0.1) is 0 Å². The maximum absolute atomic E-state index is 11.8. The number of aromatic amines is 1. The Kier molecular flexibility index (Phi) is 3.97. The summed E-state index contributed by atoms with van der Waals surface area (Å²) < 4.78 is 7.34. The number of thiol groups is 1. The molecule has 0 aliphatic carbocycles. The van der Waals surface area contributed by atoms with E-state index in [9.17, 15) is 9.59 Å². The Labute approximate surface area is 111 Å². The number of rotatable bonds is 3. The van der Waals surface area contributed by atoms with Crippen LogP contribution in [0.15, 0.2) is 15.8 Å². The minimum absolute atomic E-state index is 0.131. The standard InChI is InChI=1S/C12H18N2O3S/c1-3-9-8(6-18)4-10(17-9)14-5-7(2)11(15)13-12(14)16/h5,8-10,18H,3-4,6H2,1-2H3,(H,13,15,16)/t8-,9-,10-/m1/s1. The van der Waals surface area contributed by atoms with Gasteiger partial charge in [-0.05, 0) is 31.4 Å². The van der Waals surface area contributed by atoms with E-state index in [2.05, 4.69) is 24.5 Å². The Bertz CT molecular complexity index is 525. The number of hydrogen-bond acceptors (Lipinski definition) is 4. The summed E-state index contributed by atoms with van der Waals surface area (Å²) in [5.74, 6) is 1.09. The van der Waals surface area contributed by atoms with Gasteiger partial charge in [-0.3, -0.25) is 14.3 Å². The molecule has 6 heteroatoms. The largest absolute Gasteiger partial charge is 0.354 e. The van der Waals surface area contributed by atoms with Gasteiger partial charge >= 0.3 is 5.69 Å². The van der Waals surface area contributed by atoms with Crippen LogP contribution in [0.3, 0.4) is 0 Å². The third-order valence-electron chi connectivity index (χ3n) is 3.46. The lowest BCUT2D eigenvalue weighted by molar-refractivity contribution is -0.00738. The van der Waals surface area contributed by atoms with E-state index in [0.717, 1.165) is 18.6 Å². The second-order valence-electron chi connectivity index (χ2n) is 4.69. The first-order chi connectivity index (χ1) is 8.56. The number of aryl methyl sites for hydroxylation is 1. The van der Waals surface area contributed by atoms with Crippen LogP contribution in [0.25, 0.3) is 0 Å². The molecule has 0 radical (unpaired) electrons. The summed E-state index contributed by atoms with van der Waals surface area (Å²) in [5.41, 5.74) is -0.238. The van der Waals surface area contributed by atoms with Gasteiger partial charge in [0.25, 0.3) is 5.56 Å². The van der Waals surface area contributed by atoms with Gasteiger partial charge in [0, 0.05) is 11.8 Å². The molecular weight excluding hydrogens is 252 g/mol. The Morgan fingerprint density at radius 3 is 2.83 bits per heavy atom. The predicted molar refractivity (Wildman–Crippen MR) is 72.2 cm³/mol. The molecule has 1 aliphatic heterocycles. The first-order valence-electron chi connectivity index (χ1n) is 6.15. The van der Waals surface area contributed by atoms with Crippen LogP contribution >= 0.6 is 12.6 Å². The SMILES string of the molecule is CC[C@H]1O[C@@H](n2cc(C)c(=O)[nH]c2=O)C[C@@H]1CS. The molecule has 0 saturated carbocycles. The molecule has 3 atom stereocenters. The fourth-order valence-electron chi connectivity index (χ4n) is 2.38. The number of ether oxygens (including phenoxy) is 1. The van der Waals surface area contributed by atoms with Crippen LogP contribution in [-0.2, 0) is 4.74 Å². The lowest BCUT2D eigenvalue weighted by Gasteiger charge is -2.15. The summed E-state index contributed by atoms with van der Waals surface area (Å²) in [4.78, 5) is 25.4. The number of hydrogen-bond donors (Lipinski definition) is 2. The highest BCUT2D eigenvalue weighted by molar-refractivity contribution is 7.80. The van der Waals surface area contributed by atoms with Gasteiger partial charge in [0.2, 0.25) is 0 Å². The molecule has 2 heterocycles. The van der Waals surface area contributed by atoms with Crippen molar-refractivity contribution in [1.82, 2.24) is 9.55 Å². The van der Waals surface area contributed by atoms with Crippen molar-refractivity contribution in [2.24, 2.45) is 5.92 Å². The molecule has 1 N–H and O–H groups in total. The molecule has 18 heavy (non-hydrogen) atoms.